The quantitative estimate of drug-likeness (QED) is 0.925. The summed E-state index contributed by atoms with van der Waals surface area (Å²) in [4.78, 5) is 17.8. The molecular weight excluding hydrogens is 256 g/mol. The predicted octanol–water partition coefficient (Wildman–Crippen LogP) is 2.07. The van der Waals surface area contributed by atoms with Crippen LogP contribution >= 0.6 is 0 Å². The highest BCUT2D eigenvalue weighted by Crippen LogP contribution is 2.26. The number of pyridine rings is 1. The lowest BCUT2D eigenvalue weighted by atomic mass is 10.1. The zero-order valence-electron chi connectivity index (χ0n) is 11.4. The molecule has 5 nitrogen and oxygen atoms in total. The highest BCUT2D eigenvalue weighted by Gasteiger charge is 2.14. The number of nitrogens with zero attached hydrogens (tertiary/aromatic N) is 2. The summed E-state index contributed by atoms with van der Waals surface area (Å²) in [6.07, 6.45) is 3.40. The Morgan fingerprint density at radius 1 is 1.40 bits per heavy atom. The van der Waals surface area contributed by atoms with Crippen LogP contribution in [0.4, 0.5) is 0 Å². The van der Waals surface area contributed by atoms with Crippen molar-refractivity contribution >= 4 is 5.91 Å². The standard InChI is InChI=1S/C15H16N2O3/c1-17(10-11-4-3-7-16-9-11)15(19)12-5-6-14(20-2)13(18)8-12/h3-9,18H,10H2,1-2H3. The number of aromatic hydroxyl groups is 1. The number of carbonyl (C=O) groups excluding carboxylic acids is 1. The number of ether oxygens (including phenoxy) is 1. The Morgan fingerprint density at radius 2 is 2.20 bits per heavy atom. The van der Waals surface area contributed by atoms with E-state index in [0.29, 0.717) is 17.9 Å². The number of benzene rings is 1. The Bertz CT molecular complexity index is 599. The molecule has 1 amide bonds. The van der Waals surface area contributed by atoms with Crippen LogP contribution in [0, 0.1) is 0 Å². The van der Waals surface area contributed by atoms with Gasteiger partial charge in [-0.2, -0.15) is 0 Å². The molecule has 0 bridgehead atoms. The number of phenols is 1. The smallest absolute Gasteiger partial charge is 0.254 e. The Kier molecular flexibility index (Phi) is 4.20. The Labute approximate surface area is 117 Å². The third-order valence-electron chi connectivity index (χ3n) is 2.92. The Hall–Kier alpha value is -2.56. The van der Waals surface area contributed by atoms with E-state index in [-0.39, 0.29) is 11.7 Å². The number of hydrogen-bond acceptors (Lipinski definition) is 4. The monoisotopic (exact) mass is 272 g/mol. The lowest BCUT2D eigenvalue weighted by Crippen LogP contribution is -2.26. The number of aromatic nitrogens is 1. The highest BCUT2D eigenvalue weighted by atomic mass is 16.5. The molecule has 1 aromatic carbocycles. The van der Waals surface area contributed by atoms with Gasteiger partial charge in [0.15, 0.2) is 11.5 Å². The summed E-state index contributed by atoms with van der Waals surface area (Å²) < 4.78 is 4.95. The summed E-state index contributed by atoms with van der Waals surface area (Å²) in [6.45, 7) is 0.458. The summed E-state index contributed by atoms with van der Waals surface area (Å²) >= 11 is 0. The summed E-state index contributed by atoms with van der Waals surface area (Å²) in [5.41, 5.74) is 1.36. The molecule has 2 rings (SSSR count). The van der Waals surface area contributed by atoms with Gasteiger partial charge >= 0.3 is 0 Å². The van der Waals surface area contributed by atoms with E-state index in [1.54, 1.807) is 36.5 Å². The van der Waals surface area contributed by atoms with Gasteiger partial charge in [0.05, 0.1) is 7.11 Å². The first kappa shape index (κ1) is 13.9. The van der Waals surface area contributed by atoms with E-state index >= 15 is 0 Å². The van der Waals surface area contributed by atoms with Crippen LogP contribution in [0.15, 0.2) is 42.7 Å². The minimum absolute atomic E-state index is 0.0480. The van der Waals surface area contributed by atoms with Crippen LogP contribution < -0.4 is 4.74 Å². The second kappa shape index (κ2) is 6.06. The molecule has 1 aromatic heterocycles. The van der Waals surface area contributed by atoms with E-state index in [0.717, 1.165) is 5.56 Å². The van der Waals surface area contributed by atoms with Gasteiger partial charge in [0, 0.05) is 31.5 Å². The van der Waals surface area contributed by atoms with Gasteiger partial charge in [-0.1, -0.05) is 6.07 Å². The summed E-state index contributed by atoms with van der Waals surface area (Å²) in [6, 6.07) is 8.33. The number of amides is 1. The second-order valence-electron chi connectivity index (χ2n) is 4.41. The van der Waals surface area contributed by atoms with Crippen molar-refractivity contribution in [3.05, 3.63) is 53.9 Å². The van der Waals surface area contributed by atoms with E-state index in [4.69, 9.17) is 4.74 Å². The van der Waals surface area contributed by atoms with E-state index in [2.05, 4.69) is 4.98 Å². The maximum absolute atomic E-state index is 12.3. The summed E-state index contributed by atoms with van der Waals surface area (Å²) in [7, 11) is 3.17. The number of methoxy groups -OCH3 is 1. The fourth-order valence-corrected chi connectivity index (χ4v) is 1.88. The largest absolute Gasteiger partial charge is 0.504 e. The van der Waals surface area contributed by atoms with Gasteiger partial charge in [-0.15, -0.1) is 0 Å². The SMILES string of the molecule is COc1ccc(C(=O)N(C)Cc2cccnc2)cc1O. The van der Waals surface area contributed by atoms with Crippen LogP contribution in [0.25, 0.3) is 0 Å². The second-order valence-corrected chi connectivity index (χ2v) is 4.41. The molecule has 0 aliphatic carbocycles. The molecule has 0 aliphatic rings. The molecule has 0 unspecified atom stereocenters. The van der Waals surface area contributed by atoms with Gasteiger partial charge in [-0.05, 0) is 29.8 Å². The minimum atomic E-state index is -0.174. The van der Waals surface area contributed by atoms with E-state index in [1.807, 2.05) is 12.1 Å². The van der Waals surface area contributed by atoms with Crippen molar-refractivity contribution in [1.82, 2.24) is 9.88 Å². The maximum atomic E-state index is 12.3. The molecule has 0 radical (unpaired) electrons. The fraction of sp³-hybridized carbons (Fsp3) is 0.200. The minimum Gasteiger partial charge on any atom is -0.504 e. The van der Waals surface area contributed by atoms with Crippen molar-refractivity contribution in [3.63, 3.8) is 0 Å². The molecule has 20 heavy (non-hydrogen) atoms. The van der Waals surface area contributed by atoms with Crippen molar-refractivity contribution in [2.45, 2.75) is 6.54 Å². The zero-order valence-corrected chi connectivity index (χ0v) is 11.4. The molecule has 0 atom stereocenters. The summed E-state index contributed by atoms with van der Waals surface area (Å²) in [5.74, 6) is 0.122. The molecule has 0 fully saturated rings. The van der Waals surface area contributed by atoms with E-state index in [9.17, 15) is 9.90 Å². The molecule has 0 spiro atoms. The molecule has 1 heterocycles. The molecule has 5 heteroatoms. The van der Waals surface area contributed by atoms with Gasteiger partial charge in [-0.3, -0.25) is 9.78 Å². The van der Waals surface area contributed by atoms with Gasteiger partial charge in [0.1, 0.15) is 0 Å². The fourth-order valence-electron chi connectivity index (χ4n) is 1.88. The third-order valence-corrected chi connectivity index (χ3v) is 2.92. The molecule has 1 N–H and O–H groups in total. The van der Waals surface area contributed by atoms with Crippen molar-refractivity contribution in [1.29, 1.82) is 0 Å². The van der Waals surface area contributed by atoms with Crippen molar-refractivity contribution in [2.24, 2.45) is 0 Å². The Balaban J connectivity index is 2.12. The zero-order chi connectivity index (χ0) is 14.5. The third kappa shape index (κ3) is 3.06. The van der Waals surface area contributed by atoms with E-state index in [1.165, 1.54) is 13.2 Å². The van der Waals surface area contributed by atoms with Crippen LogP contribution in [0.2, 0.25) is 0 Å². The van der Waals surface area contributed by atoms with Gasteiger partial charge in [0.25, 0.3) is 5.91 Å². The molecule has 104 valence electrons. The number of phenolic OH excluding ortho intramolecular Hbond substituents is 1. The highest BCUT2D eigenvalue weighted by molar-refractivity contribution is 5.94. The topological polar surface area (TPSA) is 62.7 Å². The van der Waals surface area contributed by atoms with Gasteiger partial charge in [0.2, 0.25) is 0 Å². The Morgan fingerprint density at radius 3 is 2.80 bits per heavy atom. The molecule has 0 aliphatic heterocycles. The predicted molar refractivity (Wildman–Crippen MR) is 74.7 cm³/mol. The molecule has 0 saturated heterocycles. The molecular formula is C15H16N2O3. The first-order valence-electron chi connectivity index (χ1n) is 6.13. The van der Waals surface area contributed by atoms with Crippen LogP contribution in [0.5, 0.6) is 11.5 Å². The van der Waals surface area contributed by atoms with Crippen molar-refractivity contribution in [2.75, 3.05) is 14.2 Å². The van der Waals surface area contributed by atoms with Crippen LogP contribution in [-0.2, 0) is 6.54 Å². The van der Waals surface area contributed by atoms with Gasteiger partial charge in [-0.25, -0.2) is 0 Å². The number of hydrogen-bond donors (Lipinski definition) is 1. The van der Waals surface area contributed by atoms with Crippen LogP contribution in [-0.4, -0.2) is 35.1 Å². The average molecular weight is 272 g/mol. The lowest BCUT2D eigenvalue weighted by Gasteiger charge is -2.17. The van der Waals surface area contributed by atoms with Crippen molar-refractivity contribution < 1.29 is 14.6 Å². The average Bonchev–Trinajstić information content (AvgIpc) is 2.47. The summed E-state index contributed by atoms with van der Waals surface area (Å²) in [5, 5.41) is 9.71. The first-order chi connectivity index (χ1) is 9.61. The molecule has 0 saturated carbocycles. The van der Waals surface area contributed by atoms with E-state index < -0.39 is 0 Å². The first-order valence-corrected chi connectivity index (χ1v) is 6.13. The lowest BCUT2D eigenvalue weighted by molar-refractivity contribution is 0.0784. The maximum Gasteiger partial charge on any atom is 0.254 e. The van der Waals surface area contributed by atoms with Crippen LogP contribution in [0.3, 0.4) is 0 Å². The van der Waals surface area contributed by atoms with Crippen molar-refractivity contribution in [3.8, 4) is 11.5 Å². The van der Waals surface area contributed by atoms with Gasteiger partial charge < -0.3 is 14.7 Å². The number of rotatable bonds is 4. The molecule has 2 aromatic rings. The van der Waals surface area contributed by atoms with Crippen LogP contribution in [0.1, 0.15) is 15.9 Å². The number of carbonyl (C=O) groups is 1. The normalized spacial score (nSPS) is 10.1.